The number of rotatable bonds is 5. The topological polar surface area (TPSA) is 8.81 Å². The molecule has 228 valence electrons. The minimum Gasteiger partial charge on any atom is -0.224 e. The van der Waals surface area contributed by atoms with Crippen LogP contribution in [0.1, 0.15) is 133 Å². The van der Waals surface area contributed by atoms with Crippen molar-refractivity contribution >= 4 is 31.5 Å². The molecule has 1 aliphatic heterocycles. The van der Waals surface area contributed by atoms with E-state index >= 15 is 0 Å². The molecule has 8 rings (SSSR count). The summed E-state index contributed by atoms with van der Waals surface area (Å²) in [7, 11) is 0. The number of fused-ring (bicyclic) bond motifs is 6. The van der Waals surface area contributed by atoms with Crippen molar-refractivity contribution in [3.05, 3.63) is 83.7 Å². The average Bonchev–Trinajstić information content (AvgIpc) is 3.70. The lowest BCUT2D eigenvalue weighted by Gasteiger charge is -2.47. The molecule has 0 N–H and O–H groups in total. The van der Waals surface area contributed by atoms with Gasteiger partial charge >= 0.3 is 0 Å². The van der Waals surface area contributed by atoms with Crippen molar-refractivity contribution in [3.8, 4) is 17.1 Å². The lowest BCUT2D eigenvalue weighted by atomic mass is 9.61. The summed E-state index contributed by atoms with van der Waals surface area (Å²) in [6.07, 6.45) is 20.7. The van der Waals surface area contributed by atoms with Gasteiger partial charge in [0.15, 0.2) is 5.69 Å². The Morgan fingerprint density at radius 2 is 1.45 bits per heavy atom. The zero-order valence-corrected chi connectivity index (χ0v) is 28.1. The van der Waals surface area contributed by atoms with E-state index in [0.717, 1.165) is 12.8 Å². The molecule has 0 spiro atoms. The quantitative estimate of drug-likeness (QED) is 0.177. The number of nitrogens with zero attached hydrogens (tertiary/aromatic N) is 2. The number of thiophene rings is 1. The third-order valence-electron chi connectivity index (χ3n) is 12.7. The van der Waals surface area contributed by atoms with Gasteiger partial charge in [0, 0.05) is 26.5 Å². The van der Waals surface area contributed by atoms with Gasteiger partial charge in [0.2, 0.25) is 0 Å². The molecule has 44 heavy (non-hydrogen) atoms. The van der Waals surface area contributed by atoms with Crippen molar-refractivity contribution in [3.63, 3.8) is 0 Å². The van der Waals surface area contributed by atoms with Gasteiger partial charge in [-0.05, 0) is 80.5 Å². The summed E-state index contributed by atoms with van der Waals surface area (Å²) in [6, 6.07) is 21.4. The molecule has 2 saturated carbocycles. The maximum absolute atomic E-state index is 2.75. The molecule has 3 heteroatoms. The molecule has 2 nitrogen and oxygen atoms in total. The fourth-order valence-corrected chi connectivity index (χ4v) is 11.0. The maximum atomic E-state index is 2.75. The summed E-state index contributed by atoms with van der Waals surface area (Å²) in [5.41, 5.74) is 7.74. The van der Waals surface area contributed by atoms with Gasteiger partial charge in [0.05, 0.1) is 10.3 Å². The Morgan fingerprint density at radius 1 is 0.795 bits per heavy atom. The van der Waals surface area contributed by atoms with Crippen LogP contribution in [-0.4, -0.2) is 4.57 Å². The third-order valence-corrected chi connectivity index (χ3v) is 13.9. The normalized spacial score (nSPS) is 24.5. The van der Waals surface area contributed by atoms with Crippen LogP contribution in [0.25, 0.3) is 37.2 Å². The van der Waals surface area contributed by atoms with Crippen LogP contribution in [0.15, 0.2) is 67.0 Å². The Morgan fingerprint density at radius 3 is 2.16 bits per heavy atom. The molecule has 3 aliphatic rings. The molecule has 2 aliphatic carbocycles. The van der Waals surface area contributed by atoms with Crippen LogP contribution in [-0.2, 0) is 11.0 Å². The molecule has 0 amide bonds. The van der Waals surface area contributed by atoms with E-state index in [1.807, 2.05) is 0 Å². The summed E-state index contributed by atoms with van der Waals surface area (Å²) < 4.78 is 8.30. The van der Waals surface area contributed by atoms with Gasteiger partial charge in [0.25, 0.3) is 5.82 Å². The molecule has 2 aromatic heterocycles. The van der Waals surface area contributed by atoms with Gasteiger partial charge < -0.3 is 0 Å². The first-order valence-electron chi connectivity index (χ1n) is 17.7. The Bertz CT molecular complexity index is 1850. The first-order chi connectivity index (χ1) is 21.5. The number of imidazole rings is 1. The molecular formula is C41H49N2S+. The van der Waals surface area contributed by atoms with Gasteiger partial charge in [-0.15, -0.1) is 11.3 Å². The lowest BCUT2D eigenvalue weighted by Crippen LogP contribution is -2.67. The first kappa shape index (κ1) is 28.6. The zero-order chi connectivity index (χ0) is 30.1. The molecule has 3 heterocycles. The van der Waals surface area contributed by atoms with Gasteiger partial charge in [-0.3, -0.25) is 0 Å². The smallest absolute Gasteiger partial charge is 0.224 e. The molecule has 2 unspecified atom stereocenters. The molecular weight excluding hydrogens is 553 g/mol. The fraction of sp³-hybridized carbons (Fsp3) is 0.488. The molecule has 0 radical (unpaired) electrons. The van der Waals surface area contributed by atoms with Crippen LogP contribution in [0, 0.1) is 0 Å². The van der Waals surface area contributed by atoms with Crippen molar-refractivity contribution in [2.24, 2.45) is 0 Å². The highest BCUT2D eigenvalue weighted by Crippen LogP contribution is 2.53. The Kier molecular flexibility index (Phi) is 7.05. The lowest BCUT2D eigenvalue weighted by molar-refractivity contribution is -0.764. The van der Waals surface area contributed by atoms with Crippen molar-refractivity contribution in [2.75, 3.05) is 0 Å². The third kappa shape index (κ3) is 4.00. The minimum atomic E-state index is -0.0109. The zero-order valence-electron chi connectivity index (χ0n) is 27.3. The highest BCUT2D eigenvalue weighted by Gasteiger charge is 2.55. The van der Waals surface area contributed by atoms with Gasteiger partial charge in [-0.25, -0.2) is 4.57 Å². The van der Waals surface area contributed by atoms with E-state index in [1.165, 1.54) is 102 Å². The van der Waals surface area contributed by atoms with Gasteiger partial charge in [-0.1, -0.05) is 102 Å². The Labute approximate surface area is 268 Å². The summed E-state index contributed by atoms with van der Waals surface area (Å²) in [5, 5.41) is 3.02. The highest BCUT2D eigenvalue weighted by atomic mass is 32.1. The number of aromatic nitrogens is 2. The van der Waals surface area contributed by atoms with Crippen molar-refractivity contribution in [2.45, 2.75) is 128 Å². The summed E-state index contributed by atoms with van der Waals surface area (Å²) >= 11 is 2.05. The van der Waals surface area contributed by atoms with E-state index in [-0.39, 0.29) is 11.0 Å². The van der Waals surface area contributed by atoms with E-state index in [4.69, 9.17) is 0 Å². The van der Waals surface area contributed by atoms with Crippen molar-refractivity contribution in [1.29, 1.82) is 0 Å². The standard InChI is InChI=1S/C41H49N2S/c1-5-40(3)34-23-15-13-21-30(34)39-42(25-26-43(39)41(40,4)6-2)37-33(29-19-11-8-12-20-29)27-32(28-17-9-7-10-18-28)36-31-22-14-16-24-35(31)44-38(36)37/h13-16,21-29H,5-12,17-20H2,1-4H3/q+1. The maximum Gasteiger partial charge on any atom is 0.294 e. The summed E-state index contributed by atoms with van der Waals surface area (Å²) in [5.74, 6) is 2.69. The number of hydrogen-bond donors (Lipinski definition) is 0. The SMILES string of the molecule is CCC1(C)c2ccccc2-c2n(-c3c(C4CCCCC4)cc(C4CCCCC4)c4c3sc3ccccc34)cc[n+]2C1(C)CC. The second kappa shape index (κ2) is 10.9. The first-order valence-corrected chi connectivity index (χ1v) is 18.5. The Balaban J connectivity index is 1.48. The van der Waals surface area contributed by atoms with E-state index in [1.54, 1.807) is 16.5 Å². The van der Waals surface area contributed by atoms with E-state index in [9.17, 15) is 0 Å². The fourth-order valence-electron chi connectivity index (χ4n) is 9.72. The van der Waals surface area contributed by atoms with Crippen LogP contribution < -0.4 is 4.57 Å². The monoisotopic (exact) mass is 601 g/mol. The van der Waals surface area contributed by atoms with Crippen molar-refractivity contribution < 1.29 is 4.57 Å². The summed E-state index contributed by atoms with van der Waals surface area (Å²) in [4.78, 5) is 0. The molecule has 3 aromatic carbocycles. The molecule has 2 atom stereocenters. The van der Waals surface area contributed by atoms with E-state index < -0.39 is 0 Å². The van der Waals surface area contributed by atoms with Crippen LogP contribution >= 0.6 is 11.3 Å². The number of hydrogen-bond acceptors (Lipinski definition) is 1. The van der Waals surface area contributed by atoms with Gasteiger partial charge in [-0.2, -0.15) is 4.57 Å². The second-order valence-corrected chi connectivity index (χ2v) is 15.6. The predicted octanol–water partition coefficient (Wildman–Crippen LogP) is 11.7. The average molecular weight is 602 g/mol. The van der Waals surface area contributed by atoms with Gasteiger partial charge in [0.1, 0.15) is 17.9 Å². The second-order valence-electron chi connectivity index (χ2n) is 14.6. The molecule has 5 aromatic rings. The van der Waals surface area contributed by atoms with Crippen molar-refractivity contribution in [1.82, 2.24) is 4.57 Å². The molecule has 2 fully saturated rings. The van der Waals surface area contributed by atoms with Crippen LogP contribution in [0.5, 0.6) is 0 Å². The molecule has 0 saturated heterocycles. The summed E-state index contributed by atoms with van der Waals surface area (Å²) in [6.45, 7) is 9.81. The number of benzene rings is 3. The predicted molar refractivity (Wildman–Crippen MR) is 188 cm³/mol. The largest absolute Gasteiger partial charge is 0.294 e. The van der Waals surface area contributed by atoms with Crippen LogP contribution in [0.4, 0.5) is 0 Å². The Hall–Kier alpha value is -2.91. The minimum absolute atomic E-state index is 0.0109. The highest BCUT2D eigenvalue weighted by molar-refractivity contribution is 7.26. The van der Waals surface area contributed by atoms with Crippen LogP contribution in [0.2, 0.25) is 0 Å². The van der Waals surface area contributed by atoms with Crippen LogP contribution in [0.3, 0.4) is 0 Å². The van der Waals surface area contributed by atoms with E-state index in [2.05, 4.69) is 115 Å². The molecule has 0 bridgehead atoms. The van der Waals surface area contributed by atoms with E-state index in [0.29, 0.717) is 11.8 Å².